The first kappa shape index (κ1) is 39.7. The van der Waals surface area contributed by atoms with Gasteiger partial charge in [0.25, 0.3) is 0 Å². The van der Waals surface area contributed by atoms with Gasteiger partial charge in [0.1, 0.15) is 0 Å². The molecule has 0 fully saturated rings. The van der Waals surface area contributed by atoms with E-state index in [-0.39, 0.29) is 10.8 Å². The average molecular weight is 850 g/mol. The summed E-state index contributed by atoms with van der Waals surface area (Å²) in [6.45, 7) is 15.1. The summed E-state index contributed by atoms with van der Waals surface area (Å²) in [6.07, 6.45) is 6.68. The summed E-state index contributed by atoms with van der Waals surface area (Å²) >= 11 is 0. The van der Waals surface area contributed by atoms with Crippen LogP contribution in [-0.2, 0) is 10.8 Å². The van der Waals surface area contributed by atoms with Crippen LogP contribution in [0.15, 0.2) is 213 Å². The Kier molecular flexibility index (Phi) is 9.09. The van der Waals surface area contributed by atoms with E-state index in [1.165, 1.54) is 44.5 Å². The van der Waals surface area contributed by atoms with Gasteiger partial charge < -0.3 is 14.4 Å². The van der Waals surface area contributed by atoms with E-state index in [0.29, 0.717) is 0 Å². The van der Waals surface area contributed by atoms with E-state index in [9.17, 15) is 0 Å². The minimum absolute atomic E-state index is 0.123. The van der Waals surface area contributed by atoms with Gasteiger partial charge in [-0.05, 0) is 134 Å². The highest BCUT2D eigenvalue weighted by atomic mass is 15.1. The van der Waals surface area contributed by atoms with Crippen molar-refractivity contribution in [3.63, 3.8) is 0 Å². The highest BCUT2D eigenvalue weighted by Gasteiger charge is 2.38. The van der Waals surface area contributed by atoms with E-state index in [1.54, 1.807) is 0 Å². The first-order chi connectivity index (χ1) is 32.2. The van der Waals surface area contributed by atoms with E-state index in [1.807, 2.05) is 0 Å². The summed E-state index contributed by atoms with van der Waals surface area (Å²) < 4.78 is 2.28. The number of benzene rings is 8. The fourth-order valence-electron chi connectivity index (χ4n) is 11.2. The lowest BCUT2D eigenvalue weighted by Crippen LogP contribution is -2.18. The summed E-state index contributed by atoms with van der Waals surface area (Å²) in [7, 11) is 0. The molecular formula is C63H51N3. The maximum atomic E-state index is 4.87. The van der Waals surface area contributed by atoms with Crippen molar-refractivity contribution in [1.82, 2.24) is 4.57 Å². The molecule has 2 heterocycles. The molecule has 0 saturated heterocycles. The van der Waals surface area contributed by atoms with Crippen LogP contribution in [-0.4, -0.2) is 11.1 Å². The Morgan fingerprint density at radius 1 is 0.455 bits per heavy atom. The first-order valence-corrected chi connectivity index (χ1v) is 23.2. The summed E-state index contributed by atoms with van der Waals surface area (Å²) in [5.74, 6) is 0. The Labute approximate surface area is 388 Å². The van der Waals surface area contributed by atoms with Crippen molar-refractivity contribution < 1.29 is 0 Å². The Balaban J connectivity index is 0.982. The molecular weight excluding hydrogens is 799 g/mol. The van der Waals surface area contributed by atoms with Gasteiger partial charge in [-0.1, -0.05) is 162 Å². The van der Waals surface area contributed by atoms with Gasteiger partial charge in [-0.25, -0.2) is 0 Å². The molecule has 0 N–H and O–H groups in total. The van der Waals surface area contributed by atoms with Crippen LogP contribution in [0, 0.1) is 0 Å². The van der Waals surface area contributed by atoms with Gasteiger partial charge in [-0.15, -0.1) is 0 Å². The molecule has 318 valence electrons. The number of rotatable bonds is 6. The van der Waals surface area contributed by atoms with Crippen LogP contribution >= 0.6 is 0 Å². The van der Waals surface area contributed by atoms with Gasteiger partial charge in [-0.3, -0.25) is 0 Å². The Hall–Kier alpha value is -7.88. The smallest absolute Gasteiger partial charge is 0.0601 e. The SMILES string of the molecule is C=C1c2cc(-c3ccc(N(c4ccc5c(c4)C(C)(C)c4ccccc4-5)c4ccc5c(c4)C(C)(C)c4ccccc4-5)cc3)ccc2N(c2ccccc2)C/C=C\c2ccn(-c3ccccc3)c21. The lowest BCUT2D eigenvalue weighted by atomic mass is 9.82. The molecule has 0 spiro atoms. The van der Waals surface area contributed by atoms with Crippen LogP contribution in [0.5, 0.6) is 0 Å². The van der Waals surface area contributed by atoms with E-state index in [4.69, 9.17) is 6.58 Å². The van der Waals surface area contributed by atoms with Crippen LogP contribution in [0.3, 0.4) is 0 Å². The van der Waals surface area contributed by atoms with Crippen molar-refractivity contribution in [2.24, 2.45) is 0 Å². The molecule has 3 heteroatoms. The van der Waals surface area contributed by atoms with Gasteiger partial charge in [-0.2, -0.15) is 0 Å². The Morgan fingerprint density at radius 3 is 1.58 bits per heavy atom. The molecule has 3 aliphatic rings. The maximum absolute atomic E-state index is 4.87. The predicted molar refractivity (Wildman–Crippen MR) is 278 cm³/mol. The number of para-hydroxylation sites is 2. The second kappa shape index (κ2) is 15.1. The van der Waals surface area contributed by atoms with E-state index >= 15 is 0 Å². The number of fused-ring (bicyclic) bond motifs is 8. The molecule has 9 aromatic rings. The number of hydrogen-bond acceptors (Lipinski definition) is 2. The molecule has 0 saturated carbocycles. The standard InChI is InChI=1S/C63H51N3/c1-42-55-39-45(28-35-60(55)64(46-18-8-6-9-19-46)37-16-17-44-36-38-65(61(42)44)47-20-10-7-11-21-47)43-26-29-48(30-27-43)66(49-31-33-53-51-22-12-14-24-56(51)62(2,3)58(53)40-49)50-32-34-54-52-23-13-15-25-57(52)63(4,5)59(54)41-50/h6-36,38-41H,1,37H2,2-5H3/b17-16-. The van der Waals surface area contributed by atoms with Crippen LogP contribution in [0.25, 0.3) is 50.7 Å². The first-order valence-electron chi connectivity index (χ1n) is 23.2. The van der Waals surface area contributed by atoms with Crippen LogP contribution in [0.1, 0.15) is 66.8 Å². The molecule has 0 bridgehead atoms. The third-order valence-corrected chi connectivity index (χ3v) is 14.6. The van der Waals surface area contributed by atoms with Crippen molar-refractivity contribution in [2.45, 2.75) is 38.5 Å². The molecule has 0 radical (unpaired) electrons. The molecule has 1 aromatic heterocycles. The fourth-order valence-corrected chi connectivity index (χ4v) is 11.2. The number of anilines is 5. The van der Waals surface area contributed by atoms with Gasteiger partial charge in [0.05, 0.1) is 5.69 Å². The highest BCUT2D eigenvalue weighted by Crippen LogP contribution is 2.53. The van der Waals surface area contributed by atoms with Crippen molar-refractivity contribution in [3.05, 3.63) is 252 Å². The molecule has 8 aromatic carbocycles. The molecule has 1 aliphatic heterocycles. The quantitative estimate of drug-likeness (QED) is 0.165. The topological polar surface area (TPSA) is 11.4 Å². The lowest BCUT2D eigenvalue weighted by molar-refractivity contribution is 0.660. The lowest BCUT2D eigenvalue weighted by Gasteiger charge is -2.30. The zero-order valence-corrected chi connectivity index (χ0v) is 38.0. The Morgan fingerprint density at radius 2 is 0.970 bits per heavy atom. The van der Waals surface area contributed by atoms with Crippen molar-refractivity contribution in [1.29, 1.82) is 0 Å². The highest BCUT2D eigenvalue weighted by molar-refractivity contribution is 5.93. The van der Waals surface area contributed by atoms with Crippen molar-refractivity contribution in [2.75, 3.05) is 16.3 Å². The monoisotopic (exact) mass is 849 g/mol. The number of hydrogen-bond donors (Lipinski definition) is 0. The second-order valence-electron chi connectivity index (χ2n) is 19.1. The number of nitrogens with zero attached hydrogens (tertiary/aromatic N) is 3. The zero-order valence-electron chi connectivity index (χ0n) is 38.0. The third kappa shape index (κ3) is 6.18. The second-order valence-corrected chi connectivity index (χ2v) is 19.1. The molecule has 12 rings (SSSR count). The predicted octanol–water partition coefficient (Wildman–Crippen LogP) is 16.5. The van der Waals surface area contributed by atoms with Crippen molar-refractivity contribution in [3.8, 4) is 39.1 Å². The summed E-state index contributed by atoms with van der Waals surface area (Å²) in [6, 6.07) is 71.5. The molecule has 3 nitrogen and oxygen atoms in total. The normalized spacial score (nSPS) is 15.3. The van der Waals surface area contributed by atoms with Crippen LogP contribution < -0.4 is 9.80 Å². The molecule has 0 unspecified atom stereocenters. The van der Waals surface area contributed by atoms with E-state index in [0.717, 1.165) is 74.2 Å². The summed E-state index contributed by atoms with van der Waals surface area (Å²) in [5, 5.41) is 0. The number of aromatic nitrogens is 1. The van der Waals surface area contributed by atoms with E-state index < -0.39 is 0 Å². The fraction of sp³-hybridized carbons (Fsp3) is 0.111. The van der Waals surface area contributed by atoms with Gasteiger partial charge in [0, 0.05) is 74.4 Å². The minimum atomic E-state index is -0.123. The molecule has 0 atom stereocenters. The Bertz CT molecular complexity index is 3300. The minimum Gasteiger partial charge on any atom is -0.337 e. The molecule has 66 heavy (non-hydrogen) atoms. The third-order valence-electron chi connectivity index (χ3n) is 14.6. The van der Waals surface area contributed by atoms with E-state index in [2.05, 4.69) is 255 Å². The zero-order chi connectivity index (χ0) is 44.7. The van der Waals surface area contributed by atoms with Crippen LogP contribution in [0.4, 0.5) is 28.4 Å². The molecule has 0 amide bonds. The molecule has 2 aliphatic carbocycles. The van der Waals surface area contributed by atoms with Crippen LogP contribution in [0.2, 0.25) is 0 Å². The largest absolute Gasteiger partial charge is 0.337 e. The van der Waals surface area contributed by atoms with Gasteiger partial charge in [0.15, 0.2) is 0 Å². The maximum Gasteiger partial charge on any atom is 0.0601 e. The summed E-state index contributed by atoms with van der Waals surface area (Å²) in [4.78, 5) is 4.85. The van der Waals surface area contributed by atoms with Gasteiger partial charge >= 0.3 is 0 Å². The summed E-state index contributed by atoms with van der Waals surface area (Å²) in [5.41, 5.74) is 23.9. The van der Waals surface area contributed by atoms with Gasteiger partial charge in [0.2, 0.25) is 0 Å². The van der Waals surface area contributed by atoms with Crippen molar-refractivity contribution >= 4 is 40.1 Å². The average Bonchev–Trinajstić information content (AvgIpc) is 3.97.